The molecule has 3 aromatic rings. The third-order valence-electron chi connectivity index (χ3n) is 3.82. The fraction of sp³-hybridized carbons (Fsp3) is 0.0952. The highest BCUT2D eigenvalue weighted by Crippen LogP contribution is 2.31. The summed E-state index contributed by atoms with van der Waals surface area (Å²) < 4.78 is 5.72. The molecule has 0 aliphatic heterocycles. The van der Waals surface area contributed by atoms with Crippen molar-refractivity contribution in [2.45, 2.75) is 13.0 Å². The first kappa shape index (κ1) is 18.3. The van der Waals surface area contributed by atoms with Crippen LogP contribution in [-0.4, -0.2) is 12.0 Å². The minimum atomic E-state index is -0.703. The number of hydrogen-bond acceptors (Lipinski definition) is 2. The highest BCUT2D eigenvalue weighted by molar-refractivity contribution is 6.32. The van der Waals surface area contributed by atoms with Gasteiger partial charge in [-0.25, -0.2) is 0 Å². The Balaban J connectivity index is 1.68. The van der Waals surface area contributed by atoms with Crippen molar-refractivity contribution < 1.29 is 9.53 Å². The van der Waals surface area contributed by atoms with E-state index in [0.717, 1.165) is 11.1 Å². The molecule has 1 amide bonds. The lowest BCUT2D eigenvalue weighted by molar-refractivity contribution is -0.122. The van der Waals surface area contributed by atoms with Gasteiger partial charge < -0.3 is 10.1 Å². The molecule has 1 N–H and O–H groups in total. The van der Waals surface area contributed by atoms with Gasteiger partial charge in [0.15, 0.2) is 6.10 Å². The monoisotopic (exact) mass is 385 g/mol. The lowest BCUT2D eigenvalue weighted by atomic mass is 10.1. The standard InChI is InChI=1S/C21H17Cl2NO2/c1-14(21(25)24-18-10-8-17(22)9-11-18)26-20-12-7-16(13-19(20)23)15-5-3-2-4-6-15/h2-14H,1H3,(H,24,25)/t14-/m0/s1. The van der Waals surface area contributed by atoms with E-state index < -0.39 is 6.10 Å². The molecule has 3 rings (SSSR count). The molecule has 5 heteroatoms. The molecule has 0 aliphatic carbocycles. The first-order valence-electron chi connectivity index (χ1n) is 8.11. The molecule has 0 heterocycles. The van der Waals surface area contributed by atoms with Crippen LogP contribution in [0.4, 0.5) is 5.69 Å². The summed E-state index contributed by atoms with van der Waals surface area (Å²) in [5, 5.41) is 3.85. The van der Waals surface area contributed by atoms with Crippen molar-refractivity contribution >= 4 is 34.8 Å². The van der Waals surface area contributed by atoms with Gasteiger partial charge in [-0.2, -0.15) is 0 Å². The molecule has 0 spiro atoms. The predicted octanol–water partition coefficient (Wildman–Crippen LogP) is 6.07. The van der Waals surface area contributed by atoms with Crippen LogP contribution in [0, 0.1) is 0 Å². The summed E-state index contributed by atoms with van der Waals surface area (Å²) in [4.78, 5) is 12.3. The summed E-state index contributed by atoms with van der Waals surface area (Å²) in [6.07, 6.45) is -0.703. The van der Waals surface area contributed by atoms with Crippen molar-refractivity contribution in [3.8, 4) is 16.9 Å². The molecule has 0 bridgehead atoms. The quantitative estimate of drug-likeness (QED) is 0.578. The van der Waals surface area contributed by atoms with Gasteiger partial charge in [-0.05, 0) is 54.4 Å². The fourth-order valence-corrected chi connectivity index (χ4v) is 2.78. The molecule has 0 unspecified atom stereocenters. The summed E-state index contributed by atoms with van der Waals surface area (Å²) in [7, 11) is 0. The Kier molecular flexibility index (Phi) is 5.82. The number of amides is 1. The first-order chi connectivity index (χ1) is 12.5. The molecule has 3 nitrogen and oxygen atoms in total. The fourth-order valence-electron chi connectivity index (χ4n) is 2.43. The van der Waals surface area contributed by atoms with Gasteiger partial charge in [0.25, 0.3) is 5.91 Å². The van der Waals surface area contributed by atoms with Crippen LogP contribution < -0.4 is 10.1 Å². The van der Waals surface area contributed by atoms with Gasteiger partial charge in [-0.1, -0.05) is 59.6 Å². The maximum Gasteiger partial charge on any atom is 0.265 e. The van der Waals surface area contributed by atoms with Crippen LogP contribution in [0.3, 0.4) is 0 Å². The molecule has 0 saturated heterocycles. The third kappa shape index (κ3) is 4.57. The van der Waals surface area contributed by atoms with Gasteiger partial charge >= 0.3 is 0 Å². The normalized spacial score (nSPS) is 11.7. The van der Waals surface area contributed by atoms with Crippen LogP contribution >= 0.6 is 23.2 Å². The minimum absolute atomic E-state index is 0.268. The Morgan fingerprint density at radius 1 is 0.923 bits per heavy atom. The molecule has 0 aliphatic rings. The Labute approximate surface area is 162 Å². The van der Waals surface area contributed by atoms with Crippen LogP contribution in [0.1, 0.15) is 6.92 Å². The number of rotatable bonds is 5. The number of nitrogens with one attached hydrogen (secondary N) is 1. The zero-order valence-electron chi connectivity index (χ0n) is 14.1. The highest BCUT2D eigenvalue weighted by Gasteiger charge is 2.16. The number of benzene rings is 3. The summed E-state index contributed by atoms with van der Waals surface area (Å²) >= 11 is 12.2. The highest BCUT2D eigenvalue weighted by atomic mass is 35.5. The van der Waals surface area contributed by atoms with Crippen molar-refractivity contribution in [2.24, 2.45) is 0 Å². The molecular formula is C21H17Cl2NO2. The van der Waals surface area contributed by atoms with Gasteiger partial charge in [0, 0.05) is 10.7 Å². The molecule has 1 atom stereocenters. The predicted molar refractivity (Wildman–Crippen MR) is 107 cm³/mol. The summed E-state index contributed by atoms with van der Waals surface area (Å²) in [6, 6.07) is 22.3. The van der Waals surface area contributed by atoms with Crippen molar-refractivity contribution in [3.63, 3.8) is 0 Å². The van der Waals surface area contributed by atoms with Crippen molar-refractivity contribution in [2.75, 3.05) is 5.32 Å². The zero-order chi connectivity index (χ0) is 18.5. The van der Waals surface area contributed by atoms with Crippen LogP contribution in [0.2, 0.25) is 10.0 Å². The van der Waals surface area contributed by atoms with E-state index in [9.17, 15) is 4.79 Å². The maximum atomic E-state index is 12.3. The van der Waals surface area contributed by atoms with Gasteiger partial charge in [-0.15, -0.1) is 0 Å². The van der Waals surface area contributed by atoms with Gasteiger partial charge in [0.2, 0.25) is 0 Å². The lowest BCUT2D eigenvalue weighted by Gasteiger charge is -2.16. The molecule has 0 saturated carbocycles. The van der Waals surface area contributed by atoms with Gasteiger partial charge in [0.05, 0.1) is 5.02 Å². The summed E-state index contributed by atoms with van der Waals surface area (Å²) in [5.41, 5.74) is 2.70. The van der Waals surface area contributed by atoms with Crippen molar-refractivity contribution in [1.82, 2.24) is 0 Å². The van der Waals surface area contributed by atoms with E-state index in [-0.39, 0.29) is 5.91 Å². The topological polar surface area (TPSA) is 38.3 Å². The largest absolute Gasteiger partial charge is 0.479 e. The van der Waals surface area contributed by atoms with E-state index in [1.165, 1.54) is 0 Å². The van der Waals surface area contributed by atoms with E-state index in [2.05, 4.69) is 5.32 Å². The van der Waals surface area contributed by atoms with Crippen LogP contribution in [0.15, 0.2) is 72.8 Å². The third-order valence-corrected chi connectivity index (χ3v) is 4.37. The SMILES string of the molecule is C[C@H](Oc1ccc(-c2ccccc2)cc1Cl)C(=O)Nc1ccc(Cl)cc1. The number of hydrogen-bond donors (Lipinski definition) is 1. The second-order valence-corrected chi connectivity index (χ2v) is 6.61. The first-order valence-corrected chi connectivity index (χ1v) is 8.86. The number of ether oxygens (including phenoxy) is 1. The second-order valence-electron chi connectivity index (χ2n) is 5.77. The van der Waals surface area contributed by atoms with Crippen molar-refractivity contribution in [3.05, 3.63) is 82.8 Å². The summed E-state index contributed by atoms with van der Waals surface area (Å²) in [5.74, 6) is 0.195. The zero-order valence-corrected chi connectivity index (χ0v) is 15.6. The van der Waals surface area contributed by atoms with E-state index in [1.54, 1.807) is 37.3 Å². The molecule has 0 radical (unpaired) electrons. The molecule has 26 heavy (non-hydrogen) atoms. The minimum Gasteiger partial charge on any atom is -0.479 e. The van der Waals surface area contributed by atoms with Crippen molar-refractivity contribution in [1.29, 1.82) is 0 Å². The smallest absolute Gasteiger partial charge is 0.265 e. The Hall–Kier alpha value is -2.49. The van der Waals surface area contributed by atoms with Gasteiger partial charge in [-0.3, -0.25) is 4.79 Å². The van der Waals surface area contributed by atoms with Gasteiger partial charge in [0.1, 0.15) is 5.75 Å². The number of carbonyl (C=O) groups is 1. The molecule has 0 aromatic heterocycles. The average Bonchev–Trinajstić information content (AvgIpc) is 2.66. The molecular weight excluding hydrogens is 369 g/mol. The van der Waals surface area contributed by atoms with E-state index >= 15 is 0 Å². The van der Waals surface area contributed by atoms with E-state index in [1.807, 2.05) is 42.5 Å². The van der Waals surface area contributed by atoms with E-state index in [0.29, 0.717) is 21.5 Å². The van der Waals surface area contributed by atoms with E-state index in [4.69, 9.17) is 27.9 Å². The Bertz CT molecular complexity index is 896. The molecule has 0 fully saturated rings. The second kappa shape index (κ2) is 8.26. The van der Waals surface area contributed by atoms with Crippen LogP contribution in [-0.2, 0) is 4.79 Å². The molecule has 3 aromatic carbocycles. The van der Waals surface area contributed by atoms with Crippen LogP contribution in [0.5, 0.6) is 5.75 Å². The average molecular weight is 386 g/mol. The lowest BCUT2D eigenvalue weighted by Crippen LogP contribution is -2.30. The number of anilines is 1. The Morgan fingerprint density at radius 3 is 2.27 bits per heavy atom. The Morgan fingerprint density at radius 2 is 1.62 bits per heavy atom. The number of halogens is 2. The number of carbonyl (C=O) groups excluding carboxylic acids is 1. The molecule has 132 valence electrons. The maximum absolute atomic E-state index is 12.3. The summed E-state index contributed by atoms with van der Waals surface area (Å²) in [6.45, 7) is 1.67. The van der Waals surface area contributed by atoms with Crippen LogP contribution in [0.25, 0.3) is 11.1 Å².